The highest BCUT2D eigenvalue weighted by molar-refractivity contribution is 8.00. The van der Waals surface area contributed by atoms with Gasteiger partial charge in [-0.3, -0.25) is 0 Å². The summed E-state index contributed by atoms with van der Waals surface area (Å²) in [7, 11) is 0. The van der Waals surface area contributed by atoms with Gasteiger partial charge in [0.05, 0.1) is 0 Å². The van der Waals surface area contributed by atoms with Crippen LogP contribution in [-0.4, -0.2) is 16.6 Å². The molecule has 1 N–H and O–H groups in total. The summed E-state index contributed by atoms with van der Waals surface area (Å²) in [6.45, 7) is 0. The Bertz CT molecular complexity index is 318. The first-order valence-electron chi connectivity index (χ1n) is 3.88. The minimum absolute atomic E-state index is 0.246. The predicted molar refractivity (Wildman–Crippen MR) is 52.6 cm³/mol. The maximum absolute atomic E-state index is 13.3. The molecule has 13 heavy (non-hydrogen) atoms. The van der Waals surface area contributed by atoms with Crippen molar-refractivity contribution in [1.82, 2.24) is 0 Å². The molecule has 1 aliphatic heterocycles. The van der Waals surface area contributed by atoms with Crippen molar-refractivity contribution in [2.24, 2.45) is 0 Å². The molecule has 1 heterocycles. The molecule has 0 amide bonds. The maximum atomic E-state index is 13.3. The number of rotatable bonds is 1. The molecule has 0 atom stereocenters. The Morgan fingerprint density at radius 1 is 1.46 bits per heavy atom. The molecule has 4 heteroatoms. The highest BCUT2D eigenvalue weighted by atomic mass is 35.5. The van der Waals surface area contributed by atoms with E-state index in [1.165, 1.54) is 12.1 Å². The molecule has 0 spiro atoms. The highest BCUT2D eigenvalue weighted by Gasteiger charge is 2.40. The molecule has 70 valence electrons. The largest absolute Gasteiger partial charge is 0.383 e. The molecule has 0 aromatic heterocycles. The third kappa shape index (κ3) is 1.45. The van der Waals surface area contributed by atoms with Gasteiger partial charge in [0, 0.05) is 22.1 Å². The molecule has 0 aliphatic carbocycles. The van der Waals surface area contributed by atoms with E-state index in [-0.39, 0.29) is 5.56 Å². The van der Waals surface area contributed by atoms with E-state index in [1.807, 2.05) is 0 Å². The summed E-state index contributed by atoms with van der Waals surface area (Å²) >= 11 is 7.40. The van der Waals surface area contributed by atoms with E-state index < -0.39 is 11.4 Å². The SMILES string of the molecule is OC1(c2c(F)cccc2Cl)CSC1. The molecular formula is C9H8ClFOS. The first-order chi connectivity index (χ1) is 6.13. The number of benzene rings is 1. The van der Waals surface area contributed by atoms with Gasteiger partial charge in [-0.1, -0.05) is 17.7 Å². The fraction of sp³-hybridized carbons (Fsp3) is 0.333. The number of halogens is 2. The van der Waals surface area contributed by atoms with Crippen LogP contribution in [0.5, 0.6) is 0 Å². The van der Waals surface area contributed by atoms with E-state index in [2.05, 4.69) is 0 Å². The summed E-state index contributed by atoms with van der Waals surface area (Å²) in [5, 5.41) is 10.2. The van der Waals surface area contributed by atoms with Crippen LogP contribution in [0.3, 0.4) is 0 Å². The Labute approximate surface area is 84.9 Å². The molecule has 1 saturated heterocycles. The van der Waals surface area contributed by atoms with E-state index in [9.17, 15) is 9.50 Å². The van der Waals surface area contributed by atoms with Gasteiger partial charge in [0.15, 0.2) is 0 Å². The molecule has 2 rings (SSSR count). The highest BCUT2D eigenvalue weighted by Crippen LogP contribution is 2.42. The van der Waals surface area contributed by atoms with Crippen molar-refractivity contribution < 1.29 is 9.50 Å². The normalized spacial score (nSPS) is 19.6. The van der Waals surface area contributed by atoms with E-state index in [0.29, 0.717) is 16.5 Å². The fourth-order valence-electron chi connectivity index (χ4n) is 1.38. The molecule has 1 aliphatic rings. The number of hydrogen-bond acceptors (Lipinski definition) is 2. The van der Waals surface area contributed by atoms with Crippen molar-refractivity contribution in [3.63, 3.8) is 0 Å². The summed E-state index contributed by atoms with van der Waals surface area (Å²) in [4.78, 5) is 0. The Hall–Kier alpha value is -0.250. The van der Waals surface area contributed by atoms with Crippen molar-refractivity contribution in [3.8, 4) is 0 Å². The van der Waals surface area contributed by atoms with Crippen molar-refractivity contribution in [1.29, 1.82) is 0 Å². The molecule has 0 saturated carbocycles. The summed E-state index contributed by atoms with van der Waals surface area (Å²) in [6, 6.07) is 4.46. The smallest absolute Gasteiger partial charge is 0.130 e. The first kappa shape index (κ1) is 9.31. The van der Waals surface area contributed by atoms with Crippen molar-refractivity contribution in [2.75, 3.05) is 11.5 Å². The van der Waals surface area contributed by atoms with Crippen LogP contribution in [-0.2, 0) is 5.60 Å². The summed E-state index contributed by atoms with van der Waals surface area (Å²) < 4.78 is 13.3. The summed E-state index contributed by atoms with van der Waals surface area (Å²) in [5.41, 5.74) is -0.803. The van der Waals surface area contributed by atoms with Crippen LogP contribution in [0.15, 0.2) is 18.2 Å². The first-order valence-corrected chi connectivity index (χ1v) is 5.41. The third-order valence-electron chi connectivity index (χ3n) is 2.11. The molecule has 1 aromatic carbocycles. The maximum Gasteiger partial charge on any atom is 0.130 e. The van der Waals surface area contributed by atoms with E-state index in [4.69, 9.17) is 11.6 Å². The second kappa shape index (κ2) is 3.15. The third-order valence-corrected chi connectivity index (χ3v) is 3.79. The van der Waals surface area contributed by atoms with Crippen molar-refractivity contribution >= 4 is 23.4 Å². The lowest BCUT2D eigenvalue weighted by Crippen LogP contribution is -2.41. The molecule has 0 unspecified atom stereocenters. The van der Waals surface area contributed by atoms with Crippen LogP contribution in [0.1, 0.15) is 5.56 Å². The number of aliphatic hydroxyl groups is 1. The topological polar surface area (TPSA) is 20.2 Å². The van der Waals surface area contributed by atoms with Gasteiger partial charge >= 0.3 is 0 Å². The Morgan fingerprint density at radius 2 is 2.15 bits per heavy atom. The Kier molecular flexibility index (Phi) is 2.26. The van der Waals surface area contributed by atoms with Crippen LogP contribution in [0.2, 0.25) is 5.02 Å². The number of thioether (sulfide) groups is 1. The van der Waals surface area contributed by atoms with Gasteiger partial charge in [-0.05, 0) is 12.1 Å². The molecule has 0 radical (unpaired) electrons. The standard InChI is InChI=1S/C9H8ClFOS/c10-6-2-1-3-7(11)8(6)9(12)4-13-5-9/h1-3,12H,4-5H2. The second-order valence-corrected chi connectivity index (χ2v) is 4.51. The van der Waals surface area contributed by atoms with E-state index >= 15 is 0 Å². The van der Waals surface area contributed by atoms with Gasteiger partial charge in [0.25, 0.3) is 0 Å². The van der Waals surface area contributed by atoms with E-state index in [0.717, 1.165) is 0 Å². The van der Waals surface area contributed by atoms with Crippen LogP contribution in [0.4, 0.5) is 4.39 Å². The van der Waals surface area contributed by atoms with Crippen molar-refractivity contribution in [3.05, 3.63) is 34.6 Å². The van der Waals surface area contributed by atoms with Crippen LogP contribution in [0.25, 0.3) is 0 Å². The minimum atomic E-state index is -1.05. The lowest BCUT2D eigenvalue weighted by molar-refractivity contribution is 0.0730. The zero-order valence-electron chi connectivity index (χ0n) is 6.76. The number of hydrogen-bond donors (Lipinski definition) is 1. The van der Waals surface area contributed by atoms with Crippen molar-refractivity contribution in [2.45, 2.75) is 5.60 Å². The van der Waals surface area contributed by atoms with Gasteiger partial charge in [0.1, 0.15) is 11.4 Å². The lowest BCUT2D eigenvalue weighted by atomic mass is 9.96. The van der Waals surface area contributed by atoms with Gasteiger partial charge < -0.3 is 5.11 Å². The van der Waals surface area contributed by atoms with Crippen LogP contribution in [0, 0.1) is 5.82 Å². The van der Waals surface area contributed by atoms with E-state index in [1.54, 1.807) is 17.8 Å². The molecule has 1 nitrogen and oxygen atoms in total. The summed E-state index contributed by atoms with van der Waals surface area (Å²) in [5.74, 6) is 0.622. The zero-order valence-corrected chi connectivity index (χ0v) is 8.33. The fourth-order valence-corrected chi connectivity index (χ4v) is 2.60. The summed E-state index contributed by atoms with van der Waals surface area (Å²) in [6.07, 6.45) is 0. The van der Waals surface area contributed by atoms with Gasteiger partial charge in [0.2, 0.25) is 0 Å². The van der Waals surface area contributed by atoms with Gasteiger partial charge in [-0.15, -0.1) is 0 Å². The second-order valence-electron chi connectivity index (χ2n) is 3.12. The minimum Gasteiger partial charge on any atom is -0.383 e. The Morgan fingerprint density at radius 3 is 2.62 bits per heavy atom. The molecular weight excluding hydrogens is 211 g/mol. The lowest BCUT2D eigenvalue weighted by Gasteiger charge is -2.36. The molecule has 1 aromatic rings. The molecule has 0 bridgehead atoms. The zero-order chi connectivity index (χ0) is 9.47. The monoisotopic (exact) mass is 218 g/mol. The predicted octanol–water partition coefficient (Wildman–Crippen LogP) is 2.41. The van der Waals surface area contributed by atoms with Crippen LogP contribution < -0.4 is 0 Å². The van der Waals surface area contributed by atoms with Gasteiger partial charge in [-0.2, -0.15) is 11.8 Å². The Balaban J connectivity index is 2.49. The molecule has 1 fully saturated rings. The average Bonchev–Trinajstić information content (AvgIpc) is 2.01. The van der Waals surface area contributed by atoms with Crippen LogP contribution >= 0.6 is 23.4 Å². The van der Waals surface area contributed by atoms with Gasteiger partial charge in [-0.25, -0.2) is 4.39 Å². The quantitative estimate of drug-likeness (QED) is 0.781. The average molecular weight is 219 g/mol.